The summed E-state index contributed by atoms with van der Waals surface area (Å²) in [4.78, 5) is 2.21. The molecular weight excluding hydrogens is 239 g/mol. The van der Waals surface area contributed by atoms with E-state index in [1.54, 1.807) is 6.07 Å². The number of fused-ring (bicyclic) bond motifs is 1. The summed E-state index contributed by atoms with van der Waals surface area (Å²) >= 11 is 0. The molecule has 1 aliphatic heterocycles. The zero-order chi connectivity index (χ0) is 13.2. The van der Waals surface area contributed by atoms with E-state index in [1.807, 2.05) is 24.3 Å². The van der Waals surface area contributed by atoms with E-state index in [4.69, 9.17) is 5.73 Å². The molecule has 0 spiro atoms. The van der Waals surface area contributed by atoms with Crippen LogP contribution in [0.2, 0.25) is 0 Å². The van der Waals surface area contributed by atoms with Crippen molar-refractivity contribution >= 4 is 5.69 Å². The fourth-order valence-corrected chi connectivity index (χ4v) is 2.66. The summed E-state index contributed by atoms with van der Waals surface area (Å²) in [5.74, 6) is -0.144. The molecule has 3 rings (SSSR count). The number of benzene rings is 2. The Morgan fingerprint density at radius 2 is 1.84 bits per heavy atom. The lowest BCUT2D eigenvalue weighted by atomic mass is 9.97. The van der Waals surface area contributed by atoms with Crippen LogP contribution >= 0.6 is 0 Å². The Morgan fingerprint density at radius 3 is 2.68 bits per heavy atom. The molecule has 1 unspecified atom stereocenters. The van der Waals surface area contributed by atoms with Crippen LogP contribution in [0.3, 0.4) is 0 Å². The molecule has 0 saturated carbocycles. The molecule has 0 fully saturated rings. The van der Waals surface area contributed by atoms with Gasteiger partial charge in [-0.25, -0.2) is 4.39 Å². The van der Waals surface area contributed by atoms with E-state index in [-0.39, 0.29) is 11.9 Å². The molecular formula is C16H17FN2. The molecule has 1 aliphatic rings. The molecule has 2 aromatic carbocycles. The van der Waals surface area contributed by atoms with Crippen LogP contribution in [0.25, 0.3) is 0 Å². The number of para-hydroxylation sites is 1. The van der Waals surface area contributed by atoms with Gasteiger partial charge in [0.25, 0.3) is 0 Å². The first-order chi connectivity index (χ1) is 9.25. The summed E-state index contributed by atoms with van der Waals surface area (Å²) in [6, 6.07) is 15.2. The minimum absolute atomic E-state index is 0.0908. The highest BCUT2D eigenvalue weighted by Crippen LogP contribution is 2.33. The maximum atomic E-state index is 13.7. The van der Waals surface area contributed by atoms with Crippen molar-refractivity contribution in [3.63, 3.8) is 0 Å². The maximum absolute atomic E-state index is 13.7. The van der Waals surface area contributed by atoms with Crippen molar-refractivity contribution in [2.45, 2.75) is 19.0 Å². The normalized spacial score (nSPS) is 18.2. The third kappa shape index (κ3) is 2.34. The Hall–Kier alpha value is -1.87. The topological polar surface area (TPSA) is 29.3 Å². The van der Waals surface area contributed by atoms with Gasteiger partial charge in [0.1, 0.15) is 5.82 Å². The summed E-state index contributed by atoms with van der Waals surface area (Å²) < 4.78 is 13.7. The molecule has 19 heavy (non-hydrogen) atoms. The molecule has 0 saturated heterocycles. The zero-order valence-corrected chi connectivity index (χ0v) is 10.7. The van der Waals surface area contributed by atoms with Crippen LogP contribution in [0, 0.1) is 5.82 Å². The van der Waals surface area contributed by atoms with Crippen LogP contribution in [0.5, 0.6) is 0 Å². The van der Waals surface area contributed by atoms with Crippen molar-refractivity contribution in [2.24, 2.45) is 5.73 Å². The summed E-state index contributed by atoms with van der Waals surface area (Å²) in [5.41, 5.74) is 9.15. The van der Waals surface area contributed by atoms with Crippen LogP contribution < -0.4 is 10.6 Å². The van der Waals surface area contributed by atoms with Gasteiger partial charge in [-0.1, -0.05) is 36.4 Å². The summed E-state index contributed by atoms with van der Waals surface area (Å²) in [6.45, 7) is 1.46. The van der Waals surface area contributed by atoms with E-state index in [0.29, 0.717) is 6.54 Å². The average molecular weight is 256 g/mol. The van der Waals surface area contributed by atoms with E-state index in [1.165, 1.54) is 6.07 Å². The standard InChI is InChI=1S/C16H17FN2/c17-14-7-3-1-5-12(14)11-19-10-9-15(18)13-6-2-4-8-16(13)19/h1-8,15H,9-11,18H2. The molecule has 0 radical (unpaired) electrons. The van der Waals surface area contributed by atoms with Gasteiger partial charge in [-0.15, -0.1) is 0 Å². The number of hydrogen-bond donors (Lipinski definition) is 1. The molecule has 0 aliphatic carbocycles. The molecule has 0 bridgehead atoms. The zero-order valence-electron chi connectivity index (χ0n) is 10.7. The smallest absolute Gasteiger partial charge is 0.128 e. The van der Waals surface area contributed by atoms with Gasteiger partial charge in [0.15, 0.2) is 0 Å². The fourth-order valence-electron chi connectivity index (χ4n) is 2.66. The first-order valence-corrected chi connectivity index (χ1v) is 6.58. The minimum Gasteiger partial charge on any atom is -0.367 e. The van der Waals surface area contributed by atoms with Crippen LogP contribution in [-0.2, 0) is 6.54 Å². The number of nitrogens with two attached hydrogens (primary N) is 1. The predicted octanol–water partition coefficient (Wildman–Crippen LogP) is 3.24. The lowest BCUT2D eigenvalue weighted by Crippen LogP contribution is -2.33. The maximum Gasteiger partial charge on any atom is 0.128 e. The molecule has 0 amide bonds. The number of hydrogen-bond acceptors (Lipinski definition) is 2. The van der Waals surface area contributed by atoms with Gasteiger partial charge in [0.2, 0.25) is 0 Å². The van der Waals surface area contributed by atoms with Crippen LogP contribution in [0.1, 0.15) is 23.6 Å². The Kier molecular flexibility index (Phi) is 3.22. The van der Waals surface area contributed by atoms with Gasteiger partial charge in [0.05, 0.1) is 0 Å². The third-order valence-electron chi connectivity index (χ3n) is 3.71. The van der Waals surface area contributed by atoms with Gasteiger partial charge < -0.3 is 10.6 Å². The molecule has 0 aromatic heterocycles. The molecule has 2 aromatic rings. The Labute approximate surface area is 112 Å². The van der Waals surface area contributed by atoms with E-state index in [2.05, 4.69) is 17.0 Å². The number of anilines is 1. The third-order valence-corrected chi connectivity index (χ3v) is 3.71. The minimum atomic E-state index is -0.144. The molecule has 98 valence electrons. The van der Waals surface area contributed by atoms with Crippen molar-refractivity contribution in [1.82, 2.24) is 0 Å². The molecule has 3 heteroatoms. The van der Waals surface area contributed by atoms with Crippen LogP contribution in [-0.4, -0.2) is 6.54 Å². The Bertz CT molecular complexity index is 582. The second-order valence-corrected chi connectivity index (χ2v) is 4.97. The first kappa shape index (κ1) is 12.2. The van der Waals surface area contributed by atoms with Crippen LogP contribution in [0.4, 0.5) is 10.1 Å². The van der Waals surface area contributed by atoms with E-state index < -0.39 is 0 Å². The molecule has 2 nitrogen and oxygen atoms in total. The van der Waals surface area contributed by atoms with Gasteiger partial charge in [-0.3, -0.25) is 0 Å². The van der Waals surface area contributed by atoms with Crippen molar-refractivity contribution < 1.29 is 4.39 Å². The van der Waals surface area contributed by atoms with Gasteiger partial charge >= 0.3 is 0 Å². The van der Waals surface area contributed by atoms with Gasteiger partial charge in [0, 0.05) is 30.4 Å². The SMILES string of the molecule is NC1CCN(Cc2ccccc2F)c2ccccc21. The average Bonchev–Trinajstić information content (AvgIpc) is 2.44. The van der Waals surface area contributed by atoms with Crippen molar-refractivity contribution in [2.75, 3.05) is 11.4 Å². The van der Waals surface area contributed by atoms with Crippen molar-refractivity contribution in [3.05, 3.63) is 65.5 Å². The van der Waals surface area contributed by atoms with E-state index in [0.717, 1.165) is 29.8 Å². The number of nitrogens with zero attached hydrogens (tertiary/aromatic N) is 1. The summed E-state index contributed by atoms with van der Waals surface area (Å²) in [7, 11) is 0. The Morgan fingerprint density at radius 1 is 1.11 bits per heavy atom. The first-order valence-electron chi connectivity index (χ1n) is 6.58. The van der Waals surface area contributed by atoms with E-state index >= 15 is 0 Å². The Balaban J connectivity index is 1.91. The lowest BCUT2D eigenvalue weighted by Gasteiger charge is -2.34. The van der Waals surface area contributed by atoms with Gasteiger partial charge in [-0.05, 0) is 24.1 Å². The predicted molar refractivity (Wildman–Crippen MR) is 75.4 cm³/mol. The van der Waals surface area contributed by atoms with Crippen LogP contribution in [0.15, 0.2) is 48.5 Å². The second kappa shape index (κ2) is 5.02. The largest absolute Gasteiger partial charge is 0.367 e. The summed E-state index contributed by atoms with van der Waals surface area (Å²) in [5, 5.41) is 0. The monoisotopic (exact) mass is 256 g/mol. The highest BCUT2D eigenvalue weighted by atomic mass is 19.1. The molecule has 1 atom stereocenters. The lowest BCUT2D eigenvalue weighted by molar-refractivity contribution is 0.571. The highest BCUT2D eigenvalue weighted by molar-refractivity contribution is 5.57. The quantitative estimate of drug-likeness (QED) is 0.893. The number of halogens is 1. The van der Waals surface area contributed by atoms with Gasteiger partial charge in [-0.2, -0.15) is 0 Å². The van der Waals surface area contributed by atoms with E-state index in [9.17, 15) is 4.39 Å². The van der Waals surface area contributed by atoms with Crippen molar-refractivity contribution in [3.8, 4) is 0 Å². The molecule has 2 N–H and O–H groups in total. The number of rotatable bonds is 2. The summed E-state index contributed by atoms with van der Waals surface area (Å²) in [6.07, 6.45) is 0.908. The fraction of sp³-hybridized carbons (Fsp3) is 0.250. The highest BCUT2D eigenvalue weighted by Gasteiger charge is 2.22. The van der Waals surface area contributed by atoms with Crippen molar-refractivity contribution in [1.29, 1.82) is 0 Å². The molecule has 1 heterocycles. The second-order valence-electron chi connectivity index (χ2n) is 4.97.